The molecule has 1 aromatic carbocycles. The number of methoxy groups -OCH3 is 1. The lowest BCUT2D eigenvalue weighted by Gasteiger charge is -2.37. The van der Waals surface area contributed by atoms with E-state index in [1.807, 2.05) is 35.2 Å². The summed E-state index contributed by atoms with van der Waals surface area (Å²) in [5.74, 6) is 1.17. The first-order valence-corrected chi connectivity index (χ1v) is 8.26. The first-order chi connectivity index (χ1) is 11.2. The Morgan fingerprint density at radius 1 is 1.30 bits per heavy atom. The van der Waals surface area contributed by atoms with Crippen LogP contribution in [0.15, 0.2) is 30.3 Å². The minimum Gasteiger partial charge on any atom is -0.484 e. The Morgan fingerprint density at radius 3 is 2.74 bits per heavy atom. The number of nitrogens with zero attached hydrogens (tertiary/aromatic N) is 1. The zero-order valence-corrected chi connectivity index (χ0v) is 13.7. The summed E-state index contributed by atoms with van der Waals surface area (Å²) in [6.07, 6.45) is 2.01. The van der Waals surface area contributed by atoms with Gasteiger partial charge in [0.1, 0.15) is 5.75 Å². The van der Waals surface area contributed by atoms with Gasteiger partial charge in [-0.25, -0.2) is 0 Å². The molecule has 0 bridgehead atoms. The van der Waals surface area contributed by atoms with Crippen LogP contribution in [0.1, 0.15) is 12.8 Å². The molecular formula is C18H25NO4. The van der Waals surface area contributed by atoms with Gasteiger partial charge in [0.25, 0.3) is 5.91 Å². The van der Waals surface area contributed by atoms with Crippen molar-refractivity contribution in [3.63, 3.8) is 0 Å². The number of hydrogen-bond acceptors (Lipinski definition) is 4. The maximum Gasteiger partial charge on any atom is 0.260 e. The van der Waals surface area contributed by atoms with Gasteiger partial charge < -0.3 is 19.1 Å². The molecular weight excluding hydrogens is 294 g/mol. The van der Waals surface area contributed by atoms with Gasteiger partial charge in [-0.3, -0.25) is 4.79 Å². The van der Waals surface area contributed by atoms with E-state index in [0.29, 0.717) is 12.5 Å². The summed E-state index contributed by atoms with van der Waals surface area (Å²) < 4.78 is 16.5. The highest BCUT2D eigenvalue weighted by atomic mass is 16.5. The first-order valence-electron chi connectivity index (χ1n) is 8.26. The van der Waals surface area contributed by atoms with Gasteiger partial charge in [0.05, 0.1) is 6.61 Å². The lowest BCUT2D eigenvalue weighted by Crippen LogP contribution is -2.39. The fraction of sp³-hybridized carbons (Fsp3) is 0.611. The van der Waals surface area contributed by atoms with Gasteiger partial charge in [0.2, 0.25) is 0 Å². The van der Waals surface area contributed by atoms with Crippen LogP contribution in [0.3, 0.4) is 0 Å². The molecule has 1 aromatic rings. The van der Waals surface area contributed by atoms with Gasteiger partial charge in [-0.1, -0.05) is 18.2 Å². The molecule has 1 spiro atoms. The van der Waals surface area contributed by atoms with Crippen molar-refractivity contribution >= 4 is 5.91 Å². The van der Waals surface area contributed by atoms with E-state index in [9.17, 15) is 4.79 Å². The van der Waals surface area contributed by atoms with E-state index in [0.717, 1.165) is 44.9 Å². The second-order valence-corrected chi connectivity index (χ2v) is 6.50. The molecule has 0 N–H and O–H groups in total. The fourth-order valence-electron chi connectivity index (χ4n) is 3.75. The minimum absolute atomic E-state index is 0.0540. The summed E-state index contributed by atoms with van der Waals surface area (Å²) in [5.41, 5.74) is 0.149. The molecule has 0 aliphatic carbocycles. The average Bonchev–Trinajstić information content (AvgIpc) is 2.93. The summed E-state index contributed by atoms with van der Waals surface area (Å²) in [5, 5.41) is 0. The van der Waals surface area contributed by atoms with Crippen molar-refractivity contribution < 1.29 is 19.0 Å². The third-order valence-corrected chi connectivity index (χ3v) is 5.13. The van der Waals surface area contributed by atoms with E-state index in [-0.39, 0.29) is 17.9 Å². The van der Waals surface area contributed by atoms with Crippen LogP contribution < -0.4 is 4.74 Å². The van der Waals surface area contributed by atoms with Gasteiger partial charge >= 0.3 is 0 Å². The van der Waals surface area contributed by atoms with Crippen molar-refractivity contribution in [3.05, 3.63) is 30.3 Å². The molecule has 3 rings (SSSR count). The average molecular weight is 319 g/mol. The van der Waals surface area contributed by atoms with E-state index < -0.39 is 0 Å². The Morgan fingerprint density at radius 2 is 2.04 bits per heavy atom. The predicted octanol–water partition coefficient (Wildman–Crippen LogP) is 1.97. The number of carbonyl (C=O) groups excluding carboxylic acids is 1. The Kier molecular flexibility index (Phi) is 5.18. The highest BCUT2D eigenvalue weighted by molar-refractivity contribution is 5.78. The summed E-state index contributed by atoms with van der Waals surface area (Å²) in [7, 11) is 1.73. The van der Waals surface area contributed by atoms with Gasteiger partial charge in [-0.2, -0.15) is 0 Å². The normalized spacial score (nSPS) is 23.2. The fourth-order valence-corrected chi connectivity index (χ4v) is 3.75. The van der Waals surface area contributed by atoms with E-state index in [2.05, 4.69) is 0 Å². The molecule has 0 aromatic heterocycles. The number of para-hydroxylation sites is 1. The molecule has 2 aliphatic rings. The van der Waals surface area contributed by atoms with Crippen molar-refractivity contribution in [3.8, 4) is 5.75 Å². The van der Waals surface area contributed by atoms with Crippen molar-refractivity contribution in [2.75, 3.05) is 46.6 Å². The molecule has 5 nitrogen and oxygen atoms in total. The molecule has 0 unspecified atom stereocenters. The lowest BCUT2D eigenvalue weighted by atomic mass is 9.72. The monoisotopic (exact) mass is 319 g/mol. The van der Waals surface area contributed by atoms with Gasteiger partial charge in [-0.15, -0.1) is 0 Å². The number of likely N-dealkylation sites (tertiary alicyclic amines) is 1. The molecule has 2 heterocycles. The van der Waals surface area contributed by atoms with Crippen molar-refractivity contribution in [1.82, 2.24) is 4.90 Å². The Hall–Kier alpha value is -1.59. The van der Waals surface area contributed by atoms with E-state index in [1.165, 1.54) is 0 Å². The highest BCUT2D eigenvalue weighted by Crippen LogP contribution is 2.44. The zero-order chi connectivity index (χ0) is 16.1. The quantitative estimate of drug-likeness (QED) is 0.832. The molecule has 2 aliphatic heterocycles. The number of benzene rings is 1. The topological polar surface area (TPSA) is 48.0 Å². The van der Waals surface area contributed by atoms with Crippen LogP contribution in [0.5, 0.6) is 5.75 Å². The van der Waals surface area contributed by atoms with Crippen LogP contribution in [0.4, 0.5) is 0 Å². The van der Waals surface area contributed by atoms with Crippen LogP contribution >= 0.6 is 0 Å². The lowest BCUT2D eigenvalue weighted by molar-refractivity contribution is -0.133. The Bertz CT molecular complexity index is 513. The van der Waals surface area contributed by atoms with Crippen molar-refractivity contribution in [2.24, 2.45) is 11.3 Å². The van der Waals surface area contributed by atoms with Crippen LogP contribution in [0, 0.1) is 11.3 Å². The van der Waals surface area contributed by atoms with Gasteiger partial charge in [-0.05, 0) is 30.4 Å². The maximum atomic E-state index is 12.5. The minimum atomic E-state index is 0.0540. The first kappa shape index (κ1) is 16.3. The van der Waals surface area contributed by atoms with E-state index >= 15 is 0 Å². The molecule has 0 saturated carbocycles. The molecule has 126 valence electrons. The third kappa shape index (κ3) is 3.67. The number of ether oxygens (including phenoxy) is 3. The second-order valence-electron chi connectivity index (χ2n) is 6.50. The molecule has 23 heavy (non-hydrogen) atoms. The number of amides is 1. The highest BCUT2D eigenvalue weighted by Gasteiger charge is 2.48. The summed E-state index contributed by atoms with van der Waals surface area (Å²) in [6, 6.07) is 9.47. The van der Waals surface area contributed by atoms with E-state index in [1.54, 1.807) is 7.11 Å². The Balaban J connectivity index is 1.60. The summed E-state index contributed by atoms with van der Waals surface area (Å²) in [4.78, 5) is 14.5. The molecule has 1 atom stereocenters. The summed E-state index contributed by atoms with van der Waals surface area (Å²) >= 11 is 0. The van der Waals surface area contributed by atoms with Gasteiger partial charge in [0, 0.05) is 39.3 Å². The second kappa shape index (κ2) is 7.32. The standard InChI is InChI=1S/C18H25NO4/c1-21-12-15-11-19(14-18(15)7-9-22-10-8-18)17(20)13-23-16-5-3-2-4-6-16/h2-6,15H,7-14H2,1H3/t15-/m1/s1. The SMILES string of the molecule is COC[C@H]1CN(C(=O)COc2ccccc2)CC12CCOCC2. The third-order valence-electron chi connectivity index (χ3n) is 5.13. The molecule has 5 heteroatoms. The van der Waals surface area contributed by atoms with Gasteiger partial charge in [0.15, 0.2) is 6.61 Å². The van der Waals surface area contributed by atoms with Crippen LogP contribution in [-0.4, -0.2) is 57.4 Å². The predicted molar refractivity (Wildman–Crippen MR) is 86.4 cm³/mol. The number of rotatable bonds is 5. The smallest absolute Gasteiger partial charge is 0.260 e. The van der Waals surface area contributed by atoms with Crippen molar-refractivity contribution in [1.29, 1.82) is 0 Å². The zero-order valence-electron chi connectivity index (χ0n) is 13.7. The molecule has 2 saturated heterocycles. The summed E-state index contributed by atoms with van der Waals surface area (Å²) in [6.45, 7) is 3.90. The van der Waals surface area contributed by atoms with Crippen LogP contribution in [0.25, 0.3) is 0 Å². The van der Waals surface area contributed by atoms with E-state index in [4.69, 9.17) is 14.2 Å². The number of carbonyl (C=O) groups is 1. The Labute approximate surface area is 137 Å². The molecule has 2 fully saturated rings. The van der Waals surface area contributed by atoms with Crippen LogP contribution in [0.2, 0.25) is 0 Å². The largest absolute Gasteiger partial charge is 0.484 e. The molecule has 0 radical (unpaired) electrons. The molecule has 1 amide bonds. The maximum absolute atomic E-state index is 12.5. The van der Waals surface area contributed by atoms with Crippen molar-refractivity contribution in [2.45, 2.75) is 12.8 Å². The number of hydrogen-bond donors (Lipinski definition) is 0. The van der Waals surface area contributed by atoms with Crippen LogP contribution in [-0.2, 0) is 14.3 Å².